The highest BCUT2D eigenvalue weighted by Crippen LogP contribution is 2.32. The van der Waals surface area contributed by atoms with Gasteiger partial charge in [-0.3, -0.25) is 9.03 Å². The largest absolute Gasteiger partial charge is 0.496 e. The fourth-order valence-electron chi connectivity index (χ4n) is 3.29. The number of ether oxygens (including phenoxy) is 1. The minimum Gasteiger partial charge on any atom is -0.496 e. The van der Waals surface area contributed by atoms with E-state index in [9.17, 15) is 16.8 Å². The van der Waals surface area contributed by atoms with E-state index >= 15 is 0 Å². The van der Waals surface area contributed by atoms with Gasteiger partial charge in [0.05, 0.1) is 30.0 Å². The lowest BCUT2D eigenvalue weighted by molar-refractivity contribution is 0.411. The molecule has 2 aromatic rings. The lowest BCUT2D eigenvalue weighted by atomic mass is 10.0. The van der Waals surface area contributed by atoms with Crippen LogP contribution in [0.25, 0.3) is 0 Å². The van der Waals surface area contributed by atoms with Crippen LogP contribution in [0, 0.1) is 0 Å². The summed E-state index contributed by atoms with van der Waals surface area (Å²) < 4.78 is 59.2. The summed E-state index contributed by atoms with van der Waals surface area (Å²) >= 11 is 0. The van der Waals surface area contributed by atoms with Crippen molar-refractivity contribution in [2.24, 2.45) is 0 Å². The number of fused-ring (bicyclic) bond motifs is 1. The lowest BCUT2D eigenvalue weighted by Gasteiger charge is -2.30. The molecule has 0 amide bonds. The van der Waals surface area contributed by atoms with Crippen molar-refractivity contribution in [1.82, 2.24) is 0 Å². The minimum absolute atomic E-state index is 0.00377. The van der Waals surface area contributed by atoms with Gasteiger partial charge in [-0.05, 0) is 43.5 Å². The van der Waals surface area contributed by atoms with E-state index in [1.807, 2.05) is 0 Å². The number of nitrogens with zero attached hydrogens (tertiary/aromatic N) is 1. The Morgan fingerprint density at radius 1 is 1.11 bits per heavy atom. The molecule has 0 saturated heterocycles. The van der Waals surface area contributed by atoms with Gasteiger partial charge in [-0.25, -0.2) is 16.8 Å². The standard InChI is InChI=1S/C19H24N2O5S2/c1-3-28(24,25)21-12-6-8-15-10-11-17(13-18(15)21)20-27(22,23)14-16-7-4-5-9-19(16)26-2/h4-5,7,9-11,13,20H,3,6,8,12,14H2,1-2H3. The van der Waals surface area contributed by atoms with Crippen molar-refractivity contribution < 1.29 is 21.6 Å². The fraction of sp³-hybridized carbons (Fsp3) is 0.368. The first-order chi connectivity index (χ1) is 13.3. The zero-order valence-corrected chi connectivity index (χ0v) is 17.5. The molecule has 0 aliphatic carbocycles. The molecule has 152 valence electrons. The number of methoxy groups -OCH3 is 1. The normalized spacial score (nSPS) is 14.4. The minimum atomic E-state index is -3.70. The highest BCUT2D eigenvalue weighted by atomic mass is 32.2. The van der Waals surface area contributed by atoms with E-state index in [1.165, 1.54) is 11.4 Å². The van der Waals surface area contributed by atoms with Crippen molar-refractivity contribution in [2.75, 3.05) is 28.4 Å². The Kier molecular flexibility index (Phi) is 5.85. The van der Waals surface area contributed by atoms with Crippen molar-refractivity contribution in [3.63, 3.8) is 0 Å². The molecule has 28 heavy (non-hydrogen) atoms. The lowest BCUT2D eigenvalue weighted by Crippen LogP contribution is -2.36. The van der Waals surface area contributed by atoms with Crippen LogP contribution in [-0.4, -0.2) is 36.2 Å². The van der Waals surface area contributed by atoms with Crippen LogP contribution in [0.1, 0.15) is 24.5 Å². The zero-order valence-electron chi connectivity index (χ0n) is 15.9. The summed E-state index contributed by atoms with van der Waals surface area (Å²) in [5.41, 5.74) is 2.33. The third kappa shape index (κ3) is 4.41. The van der Waals surface area contributed by atoms with Crippen LogP contribution in [0.3, 0.4) is 0 Å². The molecule has 0 unspecified atom stereocenters. The quantitative estimate of drug-likeness (QED) is 0.738. The number of para-hydroxylation sites is 1. The molecule has 0 atom stereocenters. The highest BCUT2D eigenvalue weighted by molar-refractivity contribution is 7.92. The van der Waals surface area contributed by atoms with E-state index in [0.717, 1.165) is 18.4 Å². The highest BCUT2D eigenvalue weighted by Gasteiger charge is 2.26. The molecule has 0 saturated carbocycles. The summed E-state index contributed by atoms with van der Waals surface area (Å²) in [6.07, 6.45) is 1.50. The topological polar surface area (TPSA) is 92.8 Å². The van der Waals surface area contributed by atoms with Gasteiger partial charge in [-0.2, -0.15) is 0 Å². The average molecular weight is 425 g/mol. The van der Waals surface area contributed by atoms with E-state index in [4.69, 9.17) is 4.74 Å². The summed E-state index contributed by atoms with van der Waals surface area (Å²) in [6, 6.07) is 12.0. The number of hydrogen-bond donors (Lipinski definition) is 1. The zero-order chi connectivity index (χ0) is 20.4. The van der Waals surface area contributed by atoms with Crippen molar-refractivity contribution in [3.8, 4) is 5.75 Å². The van der Waals surface area contributed by atoms with Gasteiger partial charge >= 0.3 is 0 Å². The summed E-state index contributed by atoms with van der Waals surface area (Å²) in [7, 11) is -5.63. The number of sulfonamides is 2. The van der Waals surface area contributed by atoms with Crippen LogP contribution >= 0.6 is 0 Å². The van der Waals surface area contributed by atoms with Crippen LogP contribution in [0.2, 0.25) is 0 Å². The third-order valence-electron chi connectivity index (χ3n) is 4.67. The van der Waals surface area contributed by atoms with Crippen LogP contribution < -0.4 is 13.8 Å². The number of anilines is 2. The number of benzene rings is 2. The van der Waals surface area contributed by atoms with Crippen molar-refractivity contribution in [3.05, 3.63) is 53.6 Å². The molecule has 0 bridgehead atoms. The maximum Gasteiger partial charge on any atom is 0.237 e. The van der Waals surface area contributed by atoms with E-state index in [0.29, 0.717) is 29.2 Å². The molecule has 1 N–H and O–H groups in total. The van der Waals surface area contributed by atoms with Crippen molar-refractivity contribution in [2.45, 2.75) is 25.5 Å². The second-order valence-electron chi connectivity index (χ2n) is 6.59. The Bertz CT molecular complexity index is 1070. The molecular formula is C19H24N2O5S2. The van der Waals surface area contributed by atoms with E-state index in [-0.39, 0.29) is 11.5 Å². The van der Waals surface area contributed by atoms with Gasteiger partial charge in [0.1, 0.15) is 5.75 Å². The van der Waals surface area contributed by atoms with Gasteiger partial charge in [-0.15, -0.1) is 0 Å². The smallest absolute Gasteiger partial charge is 0.237 e. The van der Waals surface area contributed by atoms with E-state index < -0.39 is 20.0 Å². The molecule has 7 nitrogen and oxygen atoms in total. The second-order valence-corrected chi connectivity index (χ2v) is 10.5. The van der Waals surface area contributed by atoms with E-state index in [1.54, 1.807) is 49.4 Å². The number of hydrogen-bond acceptors (Lipinski definition) is 5. The molecule has 0 spiro atoms. The third-order valence-corrected chi connectivity index (χ3v) is 7.69. The predicted octanol–water partition coefficient (Wildman–Crippen LogP) is 2.74. The number of nitrogens with one attached hydrogen (secondary N) is 1. The van der Waals surface area contributed by atoms with E-state index in [2.05, 4.69) is 4.72 Å². The Morgan fingerprint density at radius 3 is 2.57 bits per heavy atom. The van der Waals surface area contributed by atoms with Crippen molar-refractivity contribution in [1.29, 1.82) is 0 Å². The summed E-state index contributed by atoms with van der Waals surface area (Å²) in [5.74, 6) is 0.250. The second kappa shape index (κ2) is 8.00. The van der Waals surface area contributed by atoms with Crippen LogP contribution in [0.15, 0.2) is 42.5 Å². The maximum absolute atomic E-state index is 12.6. The molecule has 0 radical (unpaired) electrons. The van der Waals surface area contributed by atoms with Gasteiger partial charge in [0.15, 0.2) is 0 Å². The molecule has 1 aliphatic rings. The van der Waals surface area contributed by atoms with Crippen LogP contribution in [-0.2, 0) is 32.2 Å². The Hall–Kier alpha value is -2.26. The van der Waals surface area contributed by atoms with Gasteiger partial charge in [0.2, 0.25) is 20.0 Å². The Labute approximate surface area is 166 Å². The molecule has 0 aromatic heterocycles. The summed E-state index contributed by atoms with van der Waals surface area (Å²) in [6.45, 7) is 2.00. The average Bonchev–Trinajstić information content (AvgIpc) is 2.67. The Balaban J connectivity index is 1.88. The Morgan fingerprint density at radius 2 is 1.86 bits per heavy atom. The molecule has 1 aliphatic heterocycles. The van der Waals surface area contributed by atoms with Gasteiger partial charge < -0.3 is 4.74 Å². The molecule has 1 heterocycles. The van der Waals surface area contributed by atoms with Crippen LogP contribution in [0.5, 0.6) is 5.75 Å². The fourth-order valence-corrected chi connectivity index (χ4v) is 5.69. The molecular weight excluding hydrogens is 400 g/mol. The monoisotopic (exact) mass is 424 g/mol. The maximum atomic E-state index is 12.6. The molecule has 2 aromatic carbocycles. The van der Waals surface area contributed by atoms with Crippen LogP contribution in [0.4, 0.5) is 11.4 Å². The molecule has 0 fully saturated rings. The van der Waals surface area contributed by atoms with Crippen molar-refractivity contribution >= 4 is 31.4 Å². The van der Waals surface area contributed by atoms with Gasteiger partial charge in [0, 0.05) is 12.1 Å². The van der Waals surface area contributed by atoms with Gasteiger partial charge in [0.25, 0.3) is 0 Å². The summed E-state index contributed by atoms with van der Waals surface area (Å²) in [4.78, 5) is 0. The first-order valence-corrected chi connectivity index (χ1v) is 12.3. The molecule has 3 rings (SSSR count). The number of rotatable bonds is 7. The predicted molar refractivity (Wildman–Crippen MR) is 111 cm³/mol. The summed E-state index contributed by atoms with van der Waals surface area (Å²) in [5, 5.41) is 0. The molecule has 9 heteroatoms. The first kappa shape index (κ1) is 20.5. The SMILES string of the molecule is CCS(=O)(=O)N1CCCc2ccc(NS(=O)(=O)Cc3ccccc3OC)cc21. The number of aryl methyl sites for hydroxylation is 1. The first-order valence-electron chi connectivity index (χ1n) is 9.01. The van der Waals surface area contributed by atoms with Gasteiger partial charge in [-0.1, -0.05) is 24.3 Å².